The minimum absolute atomic E-state index is 0.000212. The van der Waals surface area contributed by atoms with Crippen LogP contribution in [0.2, 0.25) is 5.02 Å². The van der Waals surface area contributed by atoms with Gasteiger partial charge in [0.15, 0.2) is 5.75 Å². The average Bonchev–Trinajstić information content (AvgIpc) is 4.39. The topological polar surface area (TPSA) is 232 Å². The van der Waals surface area contributed by atoms with Crippen LogP contribution in [0.15, 0.2) is 91.4 Å². The molecule has 8 heterocycles. The van der Waals surface area contributed by atoms with Crippen molar-refractivity contribution >= 4 is 66.6 Å². The zero-order chi connectivity index (χ0) is 56.2. The van der Waals surface area contributed by atoms with E-state index >= 15 is 4.39 Å². The van der Waals surface area contributed by atoms with Crippen molar-refractivity contribution in [3.8, 4) is 51.3 Å². The fourth-order valence-electron chi connectivity index (χ4n) is 11.9. The number of nitrogens with two attached hydrogens (primary N) is 1. The number of piperazine rings is 1. The molecule has 0 unspecified atom stereocenters. The van der Waals surface area contributed by atoms with Crippen molar-refractivity contribution in [1.29, 1.82) is 5.26 Å². The maximum atomic E-state index is 15.6. The number of hydrogen-bond donors (Lipinski definition) is 4. The summed E-state index contributed by atoms with van der Waals surface area (Å²) in [5.41, 5.74) is 13.8. The predicted octanol–water partition coefficient (Wildman–Crippen LogP) is 9.11. The number of nitrogens with zero attached hydrogens (tertiary/aromatic N) is 9. The Hall–Kier alpha value is -7.80. The molecule has 2 amide bonds. The van der Waals surface area contributed by atoms with Gasteiger partial charge in [-0.25, -0.2) is 9.07 Å². The number of aromatic nitrogens is 6. The van der Waals surface area contributed by atoms with E-state index in [2.05, 4.69) is 36.9 Å². The predicted molar refractivity (Wildman–Crippen MR) is 307 cm³/mol. The maximum absolute atomic E-state index is 15.6. The number of likely N-dealkylation sites (tertiary alicyclic amines) is 1. The number of aliphatic hydroxyl groups is 1. The number of aliphatic hydroxyl groups excluding tert-OH is 1. The van der Waals surface area contributed by atoms with Gasteiger partial charge >= 0.3 is 6.01 Å². The van der Waals surface area contributed by atoms with E-state index in [-0.39, 0.29) is 81.8 Å². The number of ether oxygens (including phenoxy) is 3. The monoisotopic (exact) mass is 1130 g/mol. The van der Waals surface area contributed by atoms with E-state index in [0.717, 1.165) is 64.2 Å². The normalized spacial score (nSPS) is 19.8. The summed E-state index contributed by atoms with van der Waals surface area (Å²) >= 11 is 8.41. The molecule has 0 radical (unpaired) electrons. The lowest BCUT2D eigenvalue weighted by atomic mass is 9.96. The molecule has 4 aromatic carbocycles. The summed E-state index contributed by atoms with van der Waals surface area (Å²) in [6.45, 7) is 10.4. The lowest BCUT2D eigenvalue weighted by Gasteiger charge is -2.30. The number of carbonyl (C=O) groups is 2. The molecule has 12 rings (SSSR count). The number of fused-ring (bicyclic) bond motifs is 4. The van der Waals surface area contributed by atoms with Gasteiger partial charge in [0.05, 0.1) is 46.8 Å². The number of benzene rings is 4. The van der Waals surface area contributed by atoms with Gasteiger partial charge in [-0.15, -0.1) is 16.4 Å². The highest BCUT2D eigenvalue weighted by Crippen LogP contribution is 2.50. The number of rotatable bonds is 15. The first-order valence-electron chi connectivity index (χ1n) is 27.3. The van der Waals surface area contributed by atoms with Crippen LogP contribution < -0.4 is 30.7 Å². The van der Waals surface area contributed by atoms with Gasteiger partial charge in [0, 0.05) is 85.3 Å². The first kappa shape index (κ1) is 53.8. The van der Waals surface area contributed by atoms with Gasteiger partial charge in [-0.3, -0.25) is 14.6 Å². The van der Waals surface area contributed by atoms with Crippen molar-refractivity contribution in [2.45, 2.75) is 102 Å². The van der Waals surface area contributed by atoms with Crippen LogP contribution in [0.5, 0.6) is 11.8 Å². The number of nitrogens with one attached hydrogen (secondary N) is 2. The van der Waals surface area contributed by atoms with Crippen molar-refractivity contribution in [2.24, 2.45) is 5.92 Å². The van der Waals surface area contributed by atoms with Crippen LogP contribution in [-0.2, 0) is 20.9 Å². The smallest absolute Gasteiger partial charge is 0.319 e. The Morgan fingerprint density at radius 2 is 1.80 bits per heavy atom. The Labute approximate surface area is 476 Å². The van der Waals surface area contributed by atoms with E-state index in [9.17, 15) is 20.0 Å². The number of nitriles is 1. The number of thiophene rings is 1. The highest BCUT2D eigenvalue weighted by Gasteiger charge is 2.44. The third-order valence-electron chi connectivity index (χ3n) is 16.1. The molecule has 4 aliphatic heterocycles. The number of carbonyl (C=O) groups excluding carboxylic acids is 2. The summed E-state index contributed by atoms with van der Waals surface area (Å²) < 4.78 is 36.5. The minimum Gasteiger partial charge on any atom is -0.486 e. The van der Waals surface area contributed by atoms with Gasteiger partial charge in [-0.05, 0) is 77.8 Å². The van der Waals surface area contributed by atoms with Crippen LogP contribution in [0, 0.1) is 30.0 Å². The Morgan fingerprint density at radius 3 is 2.52 bits per heavy atom. The molecule has 0 aliphatic carbocycles. The molecule has 6 atom stereocenters. The summed E-state index contributed by atoms with van der Waals surface area (Å²) in [6.07, 6.45) is 6.66. The fraction of sp³-hybridized carbons (Fsp3) is 0.367. The molecule has 18 nitrogen and oxygen atoms in total. The molecule has 8 aromatic rings. The van der Waals surface area contributed by atoms with E-state index < -0.39 is 24.0 Å². The second-order valence-corrected chi connectivity index (χ2v) is 23.3. The second-order valence-electron chi connectivity index (χ2n) is 21.8. The molecule has 4 fully saturated rings. The summed E-state index contributed by atoms with van der Waals surface area (Å²) in [5, 5.41) is 38.3. The molecular formula is C60H60ClFN12O6S. The molecule has 21 heteroatoms. The van der Waals surface area contributed by atoms with Crippen molar-refractivity contribution in [1.82, 2.24) is 45.5 Å². The molecule has 4 saturated heterocycles. The number of amides is 2. The average molecular weight is 1130 g/mol. The van der Waals surface area contributed by atoms with Crippen LogP contribution >= 0.6 is 22.9 Å². The van der Waals surface area contributed by atoms with Crippen LogP contribution in [0.1, 0.15) is 80.8 Å². The minimum atomic E-state index is -0.894. The van der Waals surface area contributed by atoms with E-state index in [1.807, 2.05) is 94.6 Å². The Balaban J connectivity index is 0.817. The Kier molecular flexibility index (Phi) is 14.8. The lowest BCUT2D eigenvalue weighted by Crippen LogP contribution is -2.49. The quantitative estimate of drug-likeness (QED) is 0.0750. The van der Waals surface area contributed by atoms with Gasteiger partial charge in [0.2, 0.25) is 11.8 Å². The summed E-state index contributed by atoms with van der Waals surface area (Å²) in [7, 11) is 0. The highest BCUT2D eigenvalue weighted by molar-refractivity contribution is 7.23. The lowest BCUT2D eigenvalue weighted by molar-refractivity contribution is -0.142. The standard InChI is InChI=1S/C60H60ClFN12O6S/c1-31(2)53(59(77)73-28-40(75)22-49(73)58(76)67-33(4)35-9-11-36(12-10-35)42-15-18-65-25-32(42)3)74-29-48(70-71-74)37-7-5-34(6-8-37)30-79-54-51(43-13-14-47(62)55-50(43)45(24-63)56(64)81-55)46(61)23-44-52(54)68-60(80-41-16-19-78-20-17-41)69-57(44)72-27-38-21-39(72)26-66-38/h5-15,18,23,25,29,31,33,38-41,49,53,66,75H,16-17,19-22,26-28,30,64H2,1-4H3,(H,67,76)/t33-,38-,39-,40+,49-,53-/m0/s1. The van der Waals surface area contributed by atoms with Crippen LogP contribution in [0.4, 0.5) is 15.2 Å². The van der Waals surface area contributed by atoms with Crippen LogP contribution in [0.25, 0.3) is 54.5 Å². The molecule has 5 N–H and O–H groups in total. The van der Waals surface area contributed by atoms with E-state index in [1.54, 1.807) is 18.5 Å². The molecule has 0 spiro atoms. The fourth-order valence-corrected chi connectivity index (χ4v) is 13.1. The van der Waals surface area contributed by atoms with Crippen molar-refractivity contribution in [3.05, 3.63) is 124 Å². The van der Waals surface area contributed by atoms with E-state index in [4.69, 9.17) is 41.5 Å². The molecule has 416 valence electrons. The van der Waals surface area contributed by atoms with E-state index in [1.165, 1.54) is 15.6 Å². The number of anilines is 2. The number of aryl methyl sites for hydroxylation is 1. The molecule has 0 saturated carbocycles. The second kappa shape index (κ2) is 22.3. The molecule has 81 heavy (non-hydrogen) atoms. The van der Waals surface area contributed by atoms with Gasteiger partial charge in [-0.2, -0.15) is 15.2 Å². The first-order valence-corrected chi connectivity index (χ1v) is 28.5. The third-order valence-corrected chi connectivity index (χ3v) is 17.4. The number of pyridine rings is 1. The number of halogens is 2. The molecular weight excluding hydrogens is 1070 g/mol. The maximum Gasteiger partial charge on any atom is 0.319 e. The van der Waals surface area contributed by atoms with E-state index in [0.29, 0.717) is 76.8 Å². The number of hydrogen-bond acceptors (Lipinski definition) is 16. The third kappa shape index (κ3) is 10.4. The molecule has 4 aromatic heterocycles. The largest absolute Gasteiger partial charge is 0.486 e. The van der Waals surface area contributed by atoms with Crippen LogP contribution in [-0.4, -0.2) is 115 Å². The Bertz CT molecular complexity index is 3750. The number of β-amino-alcohol motifs (C(OH)–C–C–N with tert-alkyl or cyclic N) is 1. The van der Waals surface area contributed by atoms with Crippen molar-refractivity contribution in [2.75, 3.05) is 43.5 Å². The first-order chi connectivity index (χ1) is 39.2. The van der Waals surface area contributed by atoms with Gasteiger partial charge in [0.25, 0.3) is 0 Å². The molecule has 4 aliphatic rings. The van der Waals surface area contributed by atoms with Gasteiger partial charge in [0.1, 0.15) is 58.7 Å². The number of nitrogen functional groups attached to an aromatic ring is 1. The van der Waals surface area contributed by atoms with Crippen molar-refractivity contribution < 1.29 is 33.3 Å². The zero-order valence-corrected chi connectivity index (χ0v) is 46.7. The van der Waals surface area contributed by atoms with Gasteiger partial charge < -0.3 is 45.5 Å². The van der Waals surface area contributed by atoms with Gasteiger partial charge in [-0.1, -0.05) is 85.3 Å². The SMILES string of the molecule is Cc1cnccc1-c1ccc([C@H](C)NC(=O)[C@@H]2C[C@@H](O)CN2C(=O)[C@H](C(C)C)n2cc(-c3ccc(COc4c(-c5ccc(F)c6sc(N)c(C#N)c56)c(Cl)cc5c(N6C[C@@H]7C[C@H]6CN7)nc(OC6CCOCC6)nc45)cc3)nn2)cc1. The Morgan fingerprint density at radius 1 is 1.02 bits per heavy atom. The summed E-state index contributed by atoms with van der Waals surface area (Å²) in [5.74, 6) is -0.521. The highest BCUT2D eigenvalue weighted by atomic mass is 35.5. The van der Waals surface area contributed by atoms with Crippen molar-refractivity contribution in [3.63, 3.8) is 0 Å². The molecule has 2 bridgehead atoms. The van der Waals surface area contributed by atoms with Crippen LogP contribution in [0.3, 0.4) is 0 Å². The summed E-state index contributed by atoms with van der Waals surface area (Å²) in [4.78, 5) is 46.7. The zero-order valence-electron chi connectivity index (χ0n) is 45.1. The summed E-state index contributed by atoms with van der Waals surface area (Å²) in [6, 6.07) is 23.0.